The topological polar surface area (TPSA) is 89.1 Å². The molecule has 190 valence electrons. The normalized spacial score (nSPS) is 21.4. The van der Waals surface area contributed by atoms with Crippen molar-refractivity contribution in [3.05, 3.63) is 59.3 Å². The molecule has 2 aliphatic heterocycles. The number of hydrogen-bond donors (Lipinski definition) is 2. The third-order valence-corrected chi connectivity index (χ3v) is 7.86. The van der Waals surface area contributed by atoms with Crippen LogP contribution in [0, 0.1) is 0 Å². The largest absolute Gasteiger partial charge is 0.508 e. The molecule has 36 heavy (non-hydrogen) atoms. The second-order valence-electron chi connectivity index (χ2n) is 9.91. The van der Waals surface area contributed by atoms with E-state index in [2.05, 4.69) is 23.7 Å². The van der Waals surface area contributed by atoms with Gasteiger partial charge in [-0.2, -0.15) is 0 Å². The minimum absolute atomic E-state index is 0.150. The number of nitrogens with one attached hydrogen (secondary N) is 1. The van der Waals surface area contributed by atoms with Crippen LogP contribution in [0.25, 0.3) is 10.9 Å². The second kappa shape index (κ2) is 9.17. The SMILES string of the molecule is CCN(CC)CCN1C(=O)N2C(Cc3cccc(O)c3)c3[nH]c4ccc(OC)cc4c3C[C@@]2(C)C1=O. The van der Waals surface area contributed by atoms with E-state index in [1.54, 1.807) is 30.2 Å². The van der Waals surface area contributed by atoms with E-state index in [4.69, 9.17) is 4.74 Å². The maximum atomic E-state index is 13.9. The van der Waals surface area contributed by atoms with Crippen LogP contribution in [0.2, 0.25) is 0 Å². The lowest BCUT2D eigenvalue weighted by Gasteiger charge is -2.42. The summed E-state index contributed by atoms with van der Waals surface area (Å²) in [5, 5.41) is 11.1. The van der Waals surface area contributed by atoms with Crippen molar-refractivity contribution >= 4 is 22.8 Å². The van der Waals surface area contributed by atoms with Crippen LogP contribution in [0.4, 0.5) is 4.79 Å². The second-order valence-corrected chi connectivity index (χ2v) is 9.91. The molecule has 2 aromatic carbocycles. The summed E-state index contributed by atoms with van der Waals surface area (Å²) >= 11 is 0. The maximum Gasteiger partial charge on any atom is 0.328 e. The smallest absolute Gasteiger partial charge is 0.328 e. The highest BCUT2D eigenvalue weighted by Gasteiger charge is 2.59. The fraction of sp³-hybridized carbons (Fsp3) is 0.429. The summed E-state index contributed by atoms with van der Waals surface area (Å²) < 4.78 is 5.47. The molecule has 0 spiro atoms. The van der Waals surface area contributed by atoms with E-state index < -0.39 is 5.54 Å². The first kappa shape index (κ1) is 24.2. The molecule has 2 N–H and O–H groups in total. The van der Waals surface area contributed by atoms with E-state index in [0.717, 1.165) is 46.6 Å². The van der Waals surface area contributed by atoms with Gasteiger partial charge in [0.05, 0.1) is 13.2 Å². The molecule has 8 heteroatoms. The van der Waals surface area contributed by atoms with Crippen molar-refractivity contribution in [2.75, 3.05) is 33.3 Å². The molecule has 0 radical (unpaired) electrons. The number of likely N-dealkylation sites (N-methyl/N-ethyl adjacent to an activating group) is 1. The van der Waals surface area contributed by atoms with Crippen LogP contribution in [0.5, 0.6) is 11.5 Å². The van der Waals surface area contributed by atoms with Crippen LogP contribution in [-0.4, -0.2) is 75.6 Å². The van der Waals surface area contributed by atoms with Crippen LogP contribution in [0.1, 0.15) is 43.6 Å². The predicted molar refractivity (Wildman–Crippen MR) is 138 cm³/mol. The standard InChI is InChI=1S/C28H34N4O4/c1-5-30(6-2)12-13-31-26(34)28(3)17-22-21-16-20(36-4)10-11-23(21)29-25(22)24(32(28)27(31)35)15-18-8-7-9-19(33)14-18/h7-11,14,16,24,29,33H,5-6,12-13,15,17H2,1-4H3/t24?,28-/m0/s1. The molecule has 8 nitrogen and oxygen atoms in total. The van der Waals surface area contributed by atoms with Gasteiger partial charge in [-0.1, -0.05) is 26.0 Å². The van der Waals surface area contributed by atoms with Gasteiger partial charge in [-0.15, -0.1) is 0 Å². The van der Waals surface area contributed by atoms with Crippen LogP contribution in [0.3, 0.4) is 0 Å². The summed E-state index contributed by atoms with van der Waals surface area (Å²) in [5.74, 6) is 0.775. The van der Waals surface area contributed by atoms with Gasteiger partial charge in [0, 0.05) is 36.1 Å². The predicted octanol–water partition coefficient (Wildman–Crippen LogP) is 4.09. The zero-order chi connectivity index (χ0) is 25.6. The van der Waals surface area contributed by atoms with Gasteiger partial charge in [-0.05, 0) is 67.9 Å². The van der Waals surface area contributed by atoms with Gasteiger partial charge in [0.2, 0.25) is 0 Å². The third kappa shape index (κ3) is 3.80. The van der Waals surface area contributed by atoms with E-state index >= 15 is 0 Å². The summed E-state index contributed by atoms with van der Waals surface area (Å²) in [5.41, 5.74) is 2.83. The molecule has 0 saturated carbocycles. The van der Waals surface area contributed by atoms with Gasteiger partial charge >= 0.3 is 6.03 Å². The Hall–Kier alpha value is -3.52. The third-order valence-electron chi connectivity index (χ3n) is 7.86. The van der Waals surface area contributed by atoms with Crippen LogP contribution in [-0.2, 0) is 17.6 Å². The molecule has 1 saturated heterocycles. The Labute approximate surface area is 211 Å². The summed E-state index contributed by atoms with van der Waals surface area (Å²) in [7, 11) is 1.64. The molecule has 3 aromatic rings. The Morgan fingerprint density at radius 1 is 1.17 bits per heavy atom. The first-order valence-electron chi connectivity index (χ1n) is 12.6. The minimum Gasteiger partial charge on any atom is -0.508 e. The molecular weight excluding hydrogens is 456 g/mol. The molecule has 1 unspecified atom stereocenters. The summed E-state index contributed by atoms with van der Waals surface area (Å²) in [6.45, 7) is 8.81. The van der Waals surface area contributed by atoms with Crippen molar-refractivity contribution in [2.24, 2.45) is 0 Å². The van der Waals surface area contributed by atoms with E-state index in [9.17, 15) is 14.7 Å². The Balaban J connectivity index is 1.60. The molecule has 0 aliphatic carbocycles. The number of phenols is 1. The summed E-state index contributed by atoms with van der Waals surface area (Å²) in [6.07, 6.45) is 0.905. The van der Waals surface area contributed by atoms with Crippen LogP contribution >= 0.6 is 0 Å². The number of aromatic amines is 1. The Morgan fingerprint density at radius 2 is 1.94 bits per heavy atom. The van der Waals surface area contributed by atoms with E-state index in [0.29, 0.717) is 25.9 Å². The number of phenolic OH excluding ortho intramolecular Hbond substituents is 1. The average Bonchev–Trinajstić information content (AvgIpc) is 3.31. The van der Waals surface area contributed by atoms with Gasteiger partial charge in [0.25, 0.3) is 5.91 Å². The van der Waals surface area contributed by atoms with Crippen LogP contribution in [0.15, 0.2) is 42.5 Å². The monoisotopic (exact) mass is 490 g/mol. The van der Waals surface area contributed by atoms with Crippen molar-refractivity contribution in [1.82, 2.24) is 19.7 Å². The zero-order valence-corrected chi connectivity index (χ0v) is 21.4. The minimum atomic E-state index is -0.993. The average molecular weight is 491 g/mol. The molecule has 0 bridgehead atoms. The number of aromatic hydroxyl groups is 1. The van der Waals surface area contributed by atoms with Crippen LogP contribution < -0.4 is 4.74 Å². The highest BCUT2D eigenvalue weighted by molar-refractivity contribution is 6.08. The number of amides is 3. The number of aromatic nitrogens is 1. The maximum absolute atomic E-state index is 13.9. The Bertz CT molecular complexity index is 1310. The number of carbonyl (C=O) groups is 2. The quantitative estimate of drug-likeness (QED) is 0.465. The van der Waals surface area contributed by atoms with Crippen molar-refractivity contribution in [3.8, 4) is 11.5 Å². The van der Waals surface area contributed by atoms with Crippen molar-refractivity contribution in [3.63, 3.8) is 0 Å². The molecule has 3 amide bonds. The highest BCUT2D eigenvalue weighted by Crippen LogP contribution is 2.47. The van der Waals surface area contributed by atoms with E-state index in [1.807, 2.05) is 31.2 Å². The van der Waals surface area contributed by atoms with Gasteiger partial charge in [-0.25, -0.2) is 4.79 Å². The lowest BCUT2D eigenvalue weighted by atomic mass is 9.81. The number of urea groups is 1. The Kier molecular flexibility index (Phi) is 6.16. The molecule has 3 heterocycles. The molecular formula is C28H34N4O4. The lowest BCUT2D eigenvalue weighted by molar-refractivity contribution is -0.133. The van der Waals surface area contributed by atoms with Gasteiger partial charge in [0.1, 0.15) is 17.0 Å². The molecule has 2 atom stereocenters. The van der Waals surface area contributed by atoms with Crippen molar-refractivity contribution < 1.29 is 19.4 Å². The molecule has 2 aliphatic rings. The number of carbonyl (C=O) groups excluding carboxylic acids is 2. The number of ether oxygens (including phenoxy) is 1. The number of H-pyrrole nitrogens is 1. The number of rotatable bonds is 8. The summed E-state index contributed by atoms with van der Waals surface area (Å²) in [6, 6.07) is 12.3. The summed E-state index contributed by atoms with van der Waals surface area (Å²) in [4.78, 5) is 36.7. The number of hydrogen-bond acceptors (Lipinski definition) is 5. The molecule has 5 rings (SSSR count). The van der Waals surface area contributed by atoms with Crippen molar-refractivity contribution in [2.45, 2.75) is 45.2 Å². The highest BCUT2D eigenvalue weighted by atomic mass is 16.5. The van der Waals surface area contributed by atoms with Crippen molar-refractivity contribution in [1.29, 1.82) is 0 Å². The number of benzene rings is 2. The number of methoxy groups -OCH3 is 1. The molecule has 1 fully saturated rings. The van der Waals surface area contributed by atoms with E-state index in [1.165, 1.54) is 4.90 Å². The fourth-order valence-corrected chi connectivity index (χ4v) is 5.86. The first-order valence-corrected chi connectivity index (χ1v) is 12.6. The zero-order valence-electron chi connectivity index (χ0n) is 21.4. The van der Waals surface area contributed by atoms with E-state index in [-0.39, 0.29) is 23.7 Å². The fourth-order valence-electron chi connectivity index (χ4n) is 5.86. The Morgan fingerprint density at radius 3 is 2.64 bits per heavy atom. The molecule has 1 aromatic heterocycles. The number of imide groups is 1. The van der Waals surface area contributed by atoms with Gasteiger partial charge in [0.15, 0.2) is 0 Å². The lowest BCUT2D eigenvalue weighted by Crippen LogP contribution is -2.53. The first-order chi connectivity index (χ1) is 17.3. The number of nitrogens with zero attached hydrogens (tertiary/aromatic N) is 3. The number of fused-ring (bicyclic) bond motifs is 4. The van der Waals surface area contributed by atoms with Gasteiger partial charge in [-0.3, -0.25) is 9.69 Å². The van der Waals surface area contributed by atoms with Gasteiger partial charge < -0.3 is 24.6 Å².